The number of ether oxygens (including phenoxy) is 1. The Morgan fingerprint density at radius 1 is 1.37 bits per heavy atom. The van der Waals surface area contributed by atoms with E-state index in [1.807, 2.05) is 11.5 Å². The first kappa shape index (κ1) is 14.0. The molecule has 0 bridgehead atoms. The Morgan fingerprint density at radius 2 is 2.16 bits per heavy atom. The van der Waals surface area contributed by atoms with Gasteiger partial charge in [-0.15, -0.1) is 21.8 Å². The third-order valence-electron chi connectivity index (χ3n) is 2.90. The number of hydrogen-bond donors (Lipinski definition) is 0. The average Bonchev–Trinajstić information content (AvgIpc) is 2.79. The summed E-state index contributed by atoms with van der Waals surface area (Å²) < 4.78 is 20.1. The Hall–Kier alpha value is -1.46. The van der Waals surface area contributed by atoms with Crippen LogP contribution in [-0.4, -0.2) is 28.5 Å². The Balaban J connectivity index is 2.46. The molecule has 1 aromatic carbocycles. The summed E-state index contributed by atoms with van der Waals surface area (Å²) >= 11 is 5.85. The van der Waals surface area contributed by atoms with Crippen molar-refractivity contribution in [3.8, 4) is 11.4 Å². The van der Waals surface area contributed by atoms with Crippen LogP contribution in [0.2, 0.25) is 0 Å². The molecule has 0 unspecified atom stereocenters. The molecular weight excluding hydrogens is 269 g/mol. The number of nitrogens with zero attached hydrogens (tertiary/aromatic N) is 3. The smallest absolute Gasteiger partial charge is 0.164 e. The van der Waals surface area contributed by atoms with Crippen molar-refractivity contribution < 1.29 is 9.13 Å². The number of rotatable bonds is 5. The van der Waals surface area contributed by atoms with Gasteiger partial charge in [-0.25, -0.2) is 4.39 Å². The number of aromatic nitrogens is 3. The standard InChI is InChI=1S/C13H15ClFN3O/c1-9-7-10(15)3-4-11(9)13-17-16-12(8-14)18(13)5-6-19-2/h3-4,7H,5-6,8H2,1-2H3. The molecule has 0 amide bonds. The number of aryl methyl sites for hydroxylation is 1. The van der Waals surface area contributed by atoms with Crippen LogP contribution in [0.4, 0.5) is 4.39 Å². The average molecular weight is 284 g/mol. The van der Waals surface area contributed by atoms with E-state index in [1.165, 1.54) is 12.1 Å². The van der Waals surface area contributed by atoms with Gasteiger partial charge in [-0.05, 0) is 30.7 Å². The molecule has 0 N–H and O–H groups in total. The largest absolute Gasteiger partial charge is 0.383 e. The lowest BCUT2D eigenvalue weighted by molar-refractivity contribution is 0.187. The molecule has 19 heavy (non-hydrogen) atoms. The van der Waals surface area contributed by atoms with Gasteiger partial charge in [0.15, 0.2) is 5.82 Å². The van der Waals surface area contributed by atoms with Crippen LogP contribution in [0.1, 0.15) is 11.4 Å². The van der Waals surface area contributed by atoms with Gasteiger partial charge < -0.3 is 9.30 Å². The van der Waals surface area contributed by atoms with Gasteiger partial charge in [0.05, 0.1) is 12.5 Å². The highest BCUT2D eigenvalue weighted by Gasteiger charge is 2.14. The molecule has 0 aliphatic heterocycles. The summed E-state index contributed by atoms with van der Waals surface area (Å²) in [6, 6.07) is 4.60. The van der Waals surface area contributed by atoms with Crippen LogP contribution in [0.5, 0.6) is 0 Å². The number of halogens is 2. The minimum Gasteiger partial charge on any atom is -0.383 e. The van der Waals surface area contributed by atoms with Gasteiger partial charge in [0, 0.05) is 19.2 Å². The van der Waals surface area contributed by atoms with E-state index in [0.717, 1.165) is 11.1 Å². The second kappa shape index (κ2) is 6.12. The maximum atomic E-state index is 13.2. The molecule has 0 aliphatic carbocycles. The van der Waals surface area contributed by atoms with Crippen LogP contribution in [0.15, 0.2) is 18.2 Å². The fourth-order valence-electron chi connectivity index (χ4n) is 1.93. The molecule has 2 aromatic rings. The van der Waals surface area contributed by atoms with Crippen LogP contribution in [0.25, 0.3) is 11.4 Å². The van der Waals surface area contributed by atoms with Gasteiger partial charge in [-0.2, -0.15) is 0 Å². The highest BCUT2D eigenvalue weighted by atomic mass is 35.5. The van der Waals surface area contributed by atoms with E-state index in [-0.39, 0.29) is 11.7 Å². The zero-order chi connectivity index (χ0) is 13.8. The normalized spacial score (nSPS) is 10.9. The Bertz CT molecular complexity index is 571. The summed E-state index contributed by atoms with van der Waals surface area (Å²) in [5.41, 5.74) is 1.66. The Morgan fingerprint density at radius 3 is 2.79 bits per heavy atom. The van der Waals surface area contributed by atoms with E-state index in [0.29, 0.717) is 24.8 Å². The number of benzene rings is 1. The van der Waals surface area contributed by atoms with E-state index in [9.17, 15) is 4.39 Å². The van der Waals surface area contributed by atoms with Crippen molar-refractivity contribution >= 4 is 11.6 Å². The fraction of sp³-hybridized carbons (Fsp3) is 0.385. The van der Waals surface area contributed by atoms with Crippen LogP contribution < -0.4 is 0 Å². The molecule has 0 spiro atoms. The maximum Gasteiger partial charge on any atom is 0.164 e. The molecule has 0 aliphatic rings. The lowest BCUT2D eigenvalue weighted by Crippen LogP contribution is -2.09. The van der Waals surface area contributed by atoms with Crippen molar-refractivity contribution in [2.45, 2.75) is 19.3 Å². The highest BCUT2D eigenvalue weighted by Crippen LogP contribution is 2.23. The van der Waals surface area contributed by atoms with Crippen LogP contribution in [0.3, 0.4) is 0 Å². The quantitative estimate of drug-likeness (QED) is 0.792. The summed E-state index contributed by atoms with van der Waals surface area (Å²) in [6.45, 7) is 2.99. The van der Waals surface area contributed by atoms with Gasteiger partial charge >= 0.3 is 0 Å². The van der Waals surface area contributed by atoms with Gasteiger partial charge in [0.2, 0.25) is 0 Å². The number of alkyl halides is 1. The van der Waals surface area contributed by atoms with Gasteiger partial charge in [-0.3, -0.25) is 0 Å². The molecule has 1 aromatic heterocycles. The summed E-state index contributed by atoms with van der Waals surface area (Å²) in [7, 11) is 1.63. The zero-order valence-electron chi connectivity index (χ0n) is 10.9. The Labute approximate surface area is 116 Å². The van der Waals surface area contributed by atoms with Crippen LogP contribution in [-0.2, 0) is 17.2 Å². The van der Waals surface area contributed by atoms with E-state index < -0.39 is 0 Å². The van der Waals surface area contributed by atoms with Crippen LogP contribution in [0, 0.1) is 12.7 Å². The minimum atomic E-state index is -0.262. The molecule has 0 saturated heterocycles. The summed E-state index contributed by atoms with van der Waals surface area (Å²) in [6.07, 6.45) is 0. The molecule has 0 atom stereocenters. The SMILES string of the molecule is COCCn1c(CCl)nnc1-c1ccc(F)cc1C. The molecule has 0 radical (unpaired) electrons. The van der Waals surface area contributed by atoms with E-state index >= 15 is 0 Å². The molecule has 1 heterocycles. The molecule has 2 rings (SSSR count). The van der Waals surface area contributed by atoms with E-state index in [1.54, 1.807) is 13.2 Å². The first-order valence-electron chi connectivity index (χ1n) is 5.91. The summed E-state index contributed by atoms with van der Waals surface area (Å²) in [4.78, 5) is 0. The summed E-state index contributed by atoms with van der Waals surface area (Å²) in [5.74, 6) is 1.38. The monoisotopic (exact) mass is 283 g/mol. The van der Waals surface area contributed by atoms with E-state index in [2.05, 4.69) is 10.2 Å². The molecule has 4 nitrogen and oxygen atoms in total. The third-order valence-corrected chi connectivity index (χ3v) is 3.13. The van der Waals surface area contributed by atoms with Gasteiger partial charge in [0.25, 0.3) is 0 Å². The first-order valence-corrected chi connectivity index (χ1v) is 6.44. The maximum absolute atomic E-state index is 13.2. The second-order valence-corrected chi connectivity index (χ2v) is 4.44. The summed E-state index contributed by atoms with van der Waals surface area (Å²) in [5, 5.41) is 8.21. The number of hydrogen-bond acceptors (Lipinski definition) is 3. The van der Waals surface area contributed by atoms with Crippen molar-refractivity contribution in [2.75, 3.05) is 13.7 Å². The molecule has 0 fully saturated rings. The van der Waals surface area contributed by atoms with Gasteiger partial charge in [0.1, 0.15) is 11.6 Å². The van der Waals surface area contributed by atoms with Crippen molar-refractivity contribution in [2.24, 2.45) is 0 Å². The lowest BCUT2D eigenvalue weighted by Gasteiger charge is -2.10. The molecule has 6 heteroatoms. The second-order valence-electron chi connectivity index (χ2n) is 4.18. The van der Waals surface area contributed by atoms with Crippen molar-refractivity contribution in [3.63, 3.8) is 0 Å². The Kier molecular flexibility index (Phi) is 4.50. The number of methoxy groups -OCH3 is 1. The predicted octanol–water partition coefficient (Wildman–Crippen LogP) is 2.78. The first-order chi connectivity index (χ1) is 9.17. The van der Waals surface area contributed by atoms with Gasteiger partial charge in [-0.1, -0.05) is 0 Å². The van der Waals surface area contributed by atoms with Crippen molar-refractivity contribution in [3.05, 3.63) is 35.4 Å². The molecule has 102 valence electrons. The minimum absolute atomic E-state index is 0.262. The highest BCUT2D eigenvalue weighted by molar-refractivity contribution is 6.16. The lowest BCUT2D eigenvalue weighted by atomic mass is 10.1. The zero-order valence-corrected chi connectivity index (χ0v) is 11.6. The van der Waals surface area contributed by atoms with Crippen LogP contribution >= 0.6 is 11.6 Å². The van der Waals surface area contributed by atoms with Crippen molar-refractivity contribution in [1.82, 2.24) is 14.8 Å². The van der Waals surface area contributed by atoms with Crippen molar-refractivity contribution in [1.29, 1.82) is 0 Å². The molecular formula is C13H15ClFN3O. The fourth-order valence-corrected chi connectivity index (χ4v) is 2.13. The third kappa shape index (κ3) is 2.93. The predicted molar refractivity (Wildman–Crippen MR) is 71.6 cm³/mol. The van der Waals surface area contributed by atoms with E-state index in [4.69, 9.17) is 16.3 Å². The molecule has 0 saturated carbocycles. The topological polar surface area (TPSA) is 39.9 Å².